The quantitative estimate of drug-likeness (QED) is 0.147. The molecule has 1 aliphatic carbocycles. The number of ether oxygens (including phenoxy) is 2. The SMILES string of the molecule is COc1ccc(CCNC(=O)c2ccccc2NC(=O)COC(=O)c2c3c(nc4ccccc24)/C(=C\c2c(F)cccc2Cl)CCC3)cc1. The van der Waals surface area contributed by atoms with Crippen LogP contribution in [0.25, 0.3) is 22.6 Å². The Hall–Kier alpha value is -5.54. The molecule has 49 heavy (non-hydrogen) atoms. The van der Waals surface area contributed by atoms with Gasteiger partial charge < -0.3 is 20.1 Å². The summed E-state index contributed by atoms with van der Waals surface area (Å²) < 4.78 is 25.5. The Morgan fingerprint density at radius 3 is 2.51 bits per heavy atom. The molecule has 0 aliphatic heterocycles. The second-order valence-corrected chi connectivity index (χ2v) is 11.9. The number of hydrogen-bond donors (Lipinski definition) is 2. The lowest BCUT2D eigenvalue weighted by Gasteiger charge is -2.22. The van der Waals surface area contributed by atoms with Gasteiger partial charge in [0.05, 0.1) is 40.2 Å². The van der Waals surface area contributed by atoms with Gasteiger partial charge in [0.15, 0.2) is 6.61 Å². The van der Waals surface area contributed by atoms with Crippen LogP contribution in [0.4, 0.5) is 10.1 Å². The summed E-state index contributed by atoms with van der Waals surface area (Å²) >= 11 is 6.32. The second-order valence-electron chi connectivity index (χ2n) is 11.5. The number of carbonyl (C=O) groups is 3. The minimum atomic E-state index is -0.681. The molecule has 0 saturated heterocycles. The van der Waals surface area contributed by atoms with E-state index in [1.165, 1.54) is 6.07 Å². The zero-order chi connectivity index (χ0) is 34.3. The fraction of sp³-hybridized carbons (Fsp3) is 0.179. The van der Waals surface area contributed by atoms with Gasteiger partial charge >= 0.3 is 5.97 Å². The average Bonchev–Trinajstić information content (AvgIpc) is 3.11. The number of fused-ring (bicyclic) bond motifs is 2. The summed E-state index contributed by atoms with van der Waals surface area (Å²) in [5, 5.41) is 6.46. The molecular weight excluding hydrogens is 645 g/mol. The van der Waals surface area contributed by atoms with Crippen molar-refractivity contribution in [3.05, 3.63) is 135 Å². The first-order valence-electron chi connectivity index (χ1n) is 15.9. The van der Waals surface area contributed by atoms with E-state index < -0.39 is 24.3 Å². The molecule has 1 heterocycles. The summed E-state index contributed by atoms with van der Waals surface area (Å²) in [6, 6.07) is 25.9. The maximum atomic E-state index is 14.7. The Bertz CT molecular complexity index is 2060. The smallest absolute Gasteiger partial charge is 0.339 e. The highest BCUT2D eigenvalue weighted by molar-refractivity contribution is 6.32. The number of hydrogen-bond acceptors (Lipinski definition) is 6. The molecule has 4 aromatic carbocycles. The molecule has 0 atom stereocenters. The number of benzene rings is 4. The Morgan fingerprint density at radius 2 is 1.71 bits per heavy atom. The molecule has 0 radical (unpaired) electrons. The average molecular weight is 678 g/mol. The van der Waals surface area contributed by atoms with E-state index in [9.17, 15) is 18.8 Å². The van der Waals surface area contributed by atoms with E-state index in [2.05, 4.69) is 10.6 Å². The number of halogens is 2. The standard InChI is InChI=1S/C39H33ClFN3O5/c1-48-26-18-16-24(17-19-26)20-21-42-38(46)28-10-3-5-15-34(28)43-35(45)23-49-39(47)36-27-9-2-4-14-33(27)44-37-25(8-6-11-29(36)37)22-30-31(40)12-7-13-32(30)41/h2-5,7,9-10,12-19,22H,6,8,11,20-21,23H2,1H3,(H,42,46)(H,43,45)/b25-22-. The van der Waals surface area contributed by atoms with Gasteiger partial charge in [-0.05, 0) is 90.9 Å². The highest BCUT2D eigenvalue weighted by Gasteiger charge is 2.27. The third kappa shape index (κ3) is 7.63. The summed E-state index contributed by atoms with van der Waals surface area (Å²) in [6.07, 6.45) is 4.17. The van der Waals surface area contributed by atoms with Crippen molar-refractivity contribution in [3.8, 4) is 5.75 Å². The highest BCUT2D eigenvalue weighted by Crippen LogP contribution is 2.37. The topological polar surface area (TPSA) is 107 Å². The van der Waals surface area contributed by atoms with Crippen molar-refractivity contribution < 1.29 is 28.2 Å². The van der Waals surface area contributed by atoms with Crippen LogP contribution >= 0.6 is 11.6 Å². The van der Waals surface area contributed by atoms with E-state index in [1.54, 1.807) is 67.8 Å². The molecule has 1 aromatic heterocycles. The Labute approximate surface area is 287 Å². The van der Waals surface area contributed by atoms with Gasteiger partial charge in [-0.2, -0.15) is 0 Å². The van der Waals surface area contributed by atoms with Crippen LogP contribution < -0.4 is 15.4 Å². The van der Waals surface area contributed by atoms with E-state index in [1.807, 2.05) is 30.3 Å². The summed E-state index contributed by atoms with van der Waals surface area (Å²) in [5.74, 6) is -1.33. The number of pyridine rings is 1. The fourth-order valence-electron chi connectivity index (χ4n) is 5.92. The Balaban J connectivity index is 1.16. The molecule has 0 bridgehead atoms. The molecule has 248 valence electrons. The predicted octanol–water partition coefficient (Wildman–Crippen LogP) is 7.68. The number of methoxy groups -OCH3 is 1. The van der Waals surface area contributed by atoms with Gasteiger partial charge in [0, 0.05) is 17.5 Å². The van der Waals surface area contributed by atoms with E-state index >= 15 is 0 Å². The molecule has 8 nitrogen and oxygen atoms in total. The van der Waals surface area contributed by atoms with E-state index in [4.69, 9.17) is 26.1 Å². The van der Waals surface area contributed by atoms with Crippen LogP contribution in [0.3, 0.4) is 0 Å². The van der Waals surface area contributed by atoms with Crippen LogP contribution in [-0.2, 0) is 22.4 Å². The van der Waals surface area contributed by atoms with Crippen LogP contribution in [0.5, 0.6) is 5.75 Å². The number of para-hydroxylation sites is 2. The zero-order valence-electron chi connectivity index (χ0n) is 26.7. The minimum Gasteiger partial charge on any atom is -0.497 e. The van der Waals surface area contributed by atoms with Crippen molar-refractivity contribution in [1.82, 2.24) is 10.3 Å². The van der Waals surface area contributed by atoms with Crippen molar-refractivity contribution >= 4 is 57.6 Å². The number of aromatic nitrogens is 1. The molecule has 0 saturated carbocycles. The van der Waals surface area contributed by atoms with Gasteiger partial charge in [0.1, 0.15) is 11.6 Å². The number of rotatable bonds is 10. The van der Waals surface area contributed by atoms with Crippen molar-refractivity contribution in [1.29, 1.82) is 0 Å². The van der Waals surface area contributed by atoms with Crippen LogP contribution in [-0.4, -0.2) is 43.0 Å². The number of nitrogens with zero attached hydrogens (tertiary/aromatic N) is 1. The lowest BCUT2D eigenvalue weighted by atomic mass is 9.86. The van der Waals surface area contributed by atoms with Crippen LogP contribution in [0.2, 0.25) is 5.02 Å². The molecule has 2 N–H and O–H groups in total. The molecular formula is C39H33ClFN3O5. The normalized spacial score (nSPS) is 13.1. The molecule has 5 aromatic rings. The first-order chi connectivity index (χ1) is 23.8. The number of carbonyl (C=O) groups excluding carboxylic acids is 3. The highest BCUT2D eigenvalue weighted by atomic mass is 35.5. The summed E-state index contributed by atoms with van der Waals surface area (Å²) in [5.41, 5.74) is 4.75. The largest absolute Gasteiger partial charge is 0.497 e. The van der Waals surface area contributed by atoms with Gasteiger partial charge in [0.25, 0.3) is 11.8 Å². The molecule has 0 spiro atoms. The van der Waals surface area contributed by atoms with Gasteiger partial charge in [-0.1, -0.05) is 60.1 Å². The van der Waals surface area contributed by atoms with Crippen molar-refractivity contribution in [2.24, 2.45) is 0 Å². The molecule has 0 fully saturated rings. The van der Waals surface area contributed by atoms with E-state index in [-0.39, 0.29) is 22.1 Å². The van der Waals surface area contributed by atoms with Crippen molar-refractivity contribution in [2.45, 2.75) is 25.7 Å². The number of amides is 2. The first kappa shape index (κ1) is 33.4. The third-order valence-electron chi connectivity index (χ3n) is 8.33. The van der Waals surface area contributed by atoms with E-state index in [0.717, 1.165) is 16.9 Å². The number of nitrogens with one attached hydrogen (secondary N) is 2. The predicted molar refractivity (Wildman–Crippen MR) is 188 cm³/mol. The summed E-state index contributed by atoms with van der Waals surface area (Å²) in [6.45, 7) is -0.190. The molecule has 6 rings (SSSR count). The zero-order valence-corrected chi connectivity index (χ0v) is 27.5. The maximum Gasteiger partial charge on any atom is 0.339 e. The summed E-state index contributed by atoms with van der Waals surface area (Å²) in [7, 11) is 1.60. The Kier molecular flexibility index (Phi) is 10.3. The van der Waals surface area contributed by atoms with E-state index in [0.29, 0.717) is 65.6 Å². The number of allylic oxidation sites excluding steroid dienone is 1. The van der Waals surface area contributed by atoms with Gasteiger partial charge in [0.2, 0.25) is 0 Å². The Morgan fingerprint density at radius 1 is 0.939 bits per heavy atom. The summed E-state index contributed by atoms with van der Waals surface area (Å²) in [4.78, 5) is 44.6. The molecule has 0 unspecified atom stereocenters. The molecule has 1 aliphatic rings. The van der Waals surface area contributed by atoms with Crippen LogP contribution in [0.15, 0.2) is 91.0 Å². The molecule has 2 amide bonds. The number of esters is 1. The third-order valence-corrected chi connectivity index (χ3v) is 8.66. The minimum absolute atomic E-state index is 0.258. The van der Waals surface area contributed by atoms with Crippen LogP contribution in [0, 0.1) is 5.82 Å². The lowest BCUT2D eigenvalue weighted by Crippen LogP contribution is -2.28. The molecule has 10 heteroatoms. The maximum absolute atomic E-state index is 14.7. The van der Waals surface area contributed by atoms with Crippen molar-refractivity contribution in [3.63, 3.8) is 0 Å². The van der Waals surface area contributed by atoms with Gasteiger partial charge in [-0.3, -0.25) is 9.59 Å². The fourth-order valence-corrected chi connectivity index (χ4v) is 6.14. The number of anilines is 1. The lowest BCUT2D eigenvalue weighted by molar-refractivity contribution is -0.119. The van der Waals surface area contributed by atoms with Crippen molar-refractivity contribution in [2.75, 3.05) is 25.6 Å². The van der Waals surface area contributed by atoms with Gasteiger partial charge in [-0.25, -0.2) is 14.2 Å². The van der Waals surface area contributed by atoms with Gasteiger partial charge in [-0.15, -0.1) is 0 Å². The van der Waals surface area contributed by atoms with Crippen LogP contribution in [0.1, 0.15) is 55.9 Å². The first-order valence-corrected chi connectivity index (χ1v) is 16.2. The second kappa shape index (κ2) is 15.1. The monoisotopic (exact) mass is 677 g/mol.